The largest absolute Gasteiger partial charge is 0.280 e. The second kappa shape index (κ2) is 4.13. The lowest BCUT2D eigenvalue weighted by molar-refractivity contribution is -0.112. The van der Waals surface area contributed by atoms with Gasteiger partial charge in [0.05, 0.1) is 0 Å². The molecule has 0 aliphatic rings. The third-order valence-electron chi connectivity index (χ3n) is 1.36. The van der Waals surface area contributed by atoms with Crippen LogP contribution >= 0.6 is 23.2 Å². The summed E-state index contributed by atoms with van der Waals surface area (Å²) in [6.45, 7) is 3.87. The maximum atomic E-state index is 10.4. The first-order chi connectivity index (χ1) is 4.09. The summed E-state index contributed by atoms with van der Waals surface area (Å²) in [6, 6.07) is 0. The van der Waals surface area contributed by atoms with Gasteiger partial charge in [-0.15, -0.1) is 11.6 Å². The van der Waals surface area contributed by atoms with Crippen molar-refractivity contribution >= 4 is 28.4 Å². The van der Waals surface area contributed by atoms with Gasteiger partial charge in [0.25, 0.3) is 0 Å². The van der Waals surface area contributed by atoms with E-state index in [1.807, 2.05) is 13.8 Å². The number of halogens is 2. The zero-order valence-corrected chi connectivity index (χ0v) is 7.04. The van der Waals surface area contributed by atoms with Crippen LogP contribution in [0.4, 0.5) is 0 Å². The van der Waals surface area contributed by atoms with E-state index >= 15 is 0 Å². The molecular weight excluding hydrogens is 159 g/mol. The fourth-order valence-corrected chi connectivity index (χ4v) is 0.824. The summed E-state index contributed by atoms with van der Waals surface area (Å²) in [6.07, 6.45) is 0.882. The van der Waals surface area contributed by atoms with Crippen molar-refractivity contribution in [2.24, 2.45) is 5.92 Å². The van der Waals surface area contributed by atoms with Crippen molar-refractivity contribution in [3.8, 4) is 0 Å². The molecule has 0 aliphatic carbocycles. The minimum absolute atomic E-state index is 0.177. The molecule has 0 fully saturated rings. The Balaban J connectivity index is 3.72. The van der Waals surface area contributed by atoms with Gasteiger partial charge >= 0.3 is 0 Å². The van der Waals surface area contributed by atoms with Crippen LogP contribution in [0.2, 0.25) is 0 Å². The van der Waals surface area contributed by atoms with E-state index < -0.39 is 10.6 Å². The number of carbonyl (C=O) groups is 1. The van der Waals surface area contributed by atoms with E-state index in [-0.39, 0.29) is 5.92 Å². The molecule has 0 heterocycles. The topological polar surface area (TPSA) is 17.1 Å². The number of hydrogen-bond donors (Lipinski definition) is 0. The smallest absolute Gasteiger partial charge is 0.239 e. The maximum absolute atomic E-state index is 10.4. The summed E-state index contributed by atoms with van der Waals surface area (Å²) in [5, 5.41) is -0.970. The van der Waals surface area contributed by atoms with Crippen LogP contribution in [0.3, 0.4) is 0 Å². The molecule has 0 aromatic carbocycles. The summed E-state index contributed by atoms with van der Waals surface area (Å²) in [5.74, 6) is 0.177. The molecule has 2 atom stereocenters. The fourth-order valence-electron chi connectivity index (χ4n) is 0.431. The van der Waals surface area contributed by atoms with Gasteiger partial charge < -0.3 is 0 Å². The van der Waals surface area contributed by atoms with E-state index in [9.17, 15) is 4.79 Å². The Morgan fingerprint density at radius 1 is 1.67 bits per heavy atom. The van der Waals surface area contributed by atoms with Gasteiger partial charge in [-0.1, -0.05) is 20.3 Å². The molecule has 0 aromatic rings. The second-order valence-electron chi connectivity index (χ2n) is 2.09. The van der Waals surface area contributed by atoms with Crippen molar-refractivity contribution in [3.05, 3.63) is 0 Å². The molecule has 0 amide bonds. The van der Waals surface area contributed by atoms with Gasteiger partial charge in [0.2, 0.25) is 5.24 Å². The van der Waals surface area contributed by atoms with Crippen molar-refractivity contribution in [1.82, 2.24) is 0 Å². The van der Waals surface area contributed by atoms with Gasteiger partial charge in [-0.3, -0.25) is 4.79 Å². The molecular formula is C6H10Cl2O. The van der Waals surface area contributed by atoms with Crippen LogP contribution in [0.15, 0.2) is 0 Å². The third kappa shape index (κ3) is 3.07. The Labute approximate surface area is 65.3 Å². The van der Waals surface area contributed by atoms with Crippen LogP contribution in [0.1, 0.15) is 20.3 Å². The van der Waals surface area contributed by atoms with E-state index in [1.54, 1.807) is 0 Å². The Morgan fingerprint density at radius 3 is 2.22 bits per heavy atom. The van der Waals surface area contributed by atoms with E-state index in [4.69, 9.17) is 23.2 Å². The van der Waals surface area contributed by atoms with Crippen LogP contribution < -0.4 is 0 Å². The predicted molar refractivity (Wildman–Crippen MR) is 40.0 cm³/mol. The predicted octanol–water partition coefficient (Wildman–Crippen LogP) is 2.41. The zero-order valence-electron chi connectivity index (χ0n) is 5.53. The number of rotatable bonds is 3. The molecule has 54 valence electrons. The summed E-state index contributed by atoms with van der Waals surface area (Å²) in [7, 11) is 0. The third-order valence-corrected chi connectivity index (χ3v) is 2.34. The summed E-state index contributed by atoms with van der Waals surface area (Å²) in [5.41, 5.74) is 0. The van der Waals surface area contributed by atoms with Crippen LogP contribution in [-0.4, -0.2) is 10.6 Å². The normalized spacial score (nSPS) is 16.9. The molecule has 0 saturated carbocycles. The van der Waals surface area contributed by atoms with Gasteiger partial charge in [0.1, 0.15) is 5.38 Å². The second-order valence-corrected chi connectivity index (χ2v) is 2.93. The van der Waals surface area contributed by atoms with Crippen molar-refractivity contribution in [2.45, 2.75) is 25.6 Å². The molecule has 0 aromatic heterocycles. The summed E-state index contributed by atoms with van der Waals surface area (Å²) >= 11 is 10.7. The SMILES string of the molecule is CC[C@H](C)C(Cl)C(=O)Cl. The maximum Gasteiger partial charge on any atom is 0.239 e. The first-order valence-electron chi connectivity index (χ1n) is 2.93. The first kappa shape index (κ1) is 9.25. The molecule has 0 spiro atoms. The molecule has 0 bridgehead atoms. The van der Waals surface area contributed by atoms with Crippen LogP contribution in [0.25, 0.3) is 0 Å². The van der Waals surface area contributed by atoms with Crippen molar-refractivity contribution in [2.75, 3.05) is 0 Å². The quantitative estimate of drug-likeness (QED) is 0.468. The lowest BCUT2D eigenvalue weighted by atomic mass is 10.1. The lowest BCUT2D eigenvalue weighted by Crippen LogP contribution is -2.16. The summed E-state index contributed by atoms with van der Waals surface area (Å²) in [4.78, 5) is 10.4. The highest BCUT2D eigenvalue weighted by molar-refractivity contribution is 6.69. The zero-order chi connectivity index (χ0) is 7.44. The molecule has 3 heteroatoms. The number of hydrogen-bond acceptors (Lipinski definition) is 1. The Morgan fingerprint density at radius 2 is 2.11 bits per heavy atom. The molecule has 0 N–H and O–H groups in total. The molecule has 1 unspecified atom stereocenters. The lowest BCUT2D eigenvalue weighted by Gasteiger charge is -2.09. The van der Waals surface area contributed by atoms with Crippen LogP contribution in [0.5, 0.6) is 0 Å². The van der Waals surface area contributed by atoms with Crippen LogP contribution in [0, 0.1) is 5.92 Å². The van der Waals surface area contributed by atoms with E-state index in [2.05, 4.69) is 0 Å². The van der Waals surface area contributed by atoms with Gasteiger partial charge in [-0.05, 0) is 17.5 Å². The van der Waals surface area contributed by atoms with Crippen LogP contribution in [-0.2, 0) is 4.79 Å². The van der Waals surface area contributed by atoms with Gasteiger partial charge in [-0.2, -0.15) is 0 Å². The van der Waals surface area contributed by atoms with Crippen molar-refractivity contribution in [1.29, 1.82) is 0 Å². The molecule has 1 nitrogen and oxygen atoms in total. The number of carbonyl (C=O) groups excluding carboxylic acids is 1. The van der Waals surface area contributed by atoms with E-state index in [0.29, 0.717) is 0 Å². The Kier molecular flexibility index (Phi) is 4.24. The highest BCUT2D eigenvalue weighted by Crippen LogP contribution is 2.15. The standard InChI is InChI=1S/C6H10Cl2O/c1-3-4(2)5(7)6(8)9/h4-5H,3H2,1-2H3/t4-,5?/m0/s1. The fraction of sp³-hybridized carbons (Fsp3) is 0.833. The Hall–Kier alpha value is 0.250. The van der Waals surface area contributed by atoms with E-state index in [0.717, 1.165) is 6.42 Å². The molecule has 0 radical (unpaired) electrons. The van der Waals surface area contributed by atoms with Gasteiger partial charge in [0.15, 0.2) is 0 Å². The average Bonchev–Trinajstić information content (AvgIpc) is 1.84. The molecule has 9 heavy (non-hydrogen) atoms. The Bertz CT molecular complexity index is 103. The van der Waals surface area contributed by atoms with Crippen molar-refractivity contribution in [3.63, 3.8) is 0 Å². The first-order valence-corrected chi connectivity index (χ1v) is 3.74. The van der Waals surface area contributed by atoms with Crippen molar-refractivity contribution < 1.29 is 4.79 Å². The molecule has 0 saturated heterocycles. The minimum atomic E-state index is -0.517. The minimum Gasteiger partial charge on any atom is -0.280 e. The molecule has 0 rings (SSSR count). The monoisotopic (exact) mass is 168 g/mol. The van der Waals surface area contributed by atoms with Gasteiger partial charge in [-0.25, -0.2) is 0 Å². The number of alkyl halides is 1. The highest BCUT2D eigenvalue weighted by Gasteiger charge is 2.18. The highest BCUT2D eigenvalue weighted by atomic mass is 35.5. The molecule has 0 aliphatic heterocycles. The average molecular weight is 169 g/mol. The van der Waals surface area contributed by atoms with E-state index in [1.165, 1.54) is 0 Å². The summed E-state index contributed by atoms with van der Waals surface area (Å²) < 4.78 is 0. The van der Waals surface area contributed by atoms with Gasteiger partial charge in [0, 0.05) is 0 Å².